The number of piperidine rings is 1. The van der Waals surface area contributed by atoms with Crippen LogP contribution in [0, 0.1) is 0 Å². The van der Waals surface area contributed by atoms with Crippen LogP contribution in [0.2, 0.25) is 5.02 Å². The van der Waals surface area contributed by atoms with E-state index in [0.717, 1.165) is 24.7 Å². The van der Waals surface area contributed by atoms with Crippen LogP contribution < -0.4 is 0 Å². The molecule has 1 aromatic rings. The summed E-state index contributed by atoms with van der Waals surface area (Å²) in [6.07, 6.45) is 3.95. The van der Waals surface area contributed by atoms with E-state index in [1.54, 1.807) is 12.1 Å². The first-order chi connectivity index (χ1) is 9.12. The second-order valence-corrected chi connectivity index (χ2v) is 6.10. The maximum absolute atomic E-state index is 11.8. The lowest BCUT2D eigenvalue weighted by molar-refractivity contribution is -0.146. The second kappa shape index (κ2) is 4.80. The van der Waals surface area contributed by atoms with Gasteiger partial charge in [0.05, 0.1) is 5.41 Å². The smallest absolute Gasteiger partial charge is 0.314 e. The molecule has 0 amide bonds. The zero-order valence-corrected chi connectivity index (χ0v) is 11.6. The zero-order valence-electron chi connectivity index (χ0n) is 10.8. The predicted molar refractivity (Wildman–Crippen MR) is 74.6 cm³/mol. The van der Waals surface area contributed by atoms with Gasteiger partial charge in [-0.05, 0) is 56.5 Å². The number of carbonyl (C=O) groups is 1. The number of nitrogens with zero attached hydrogens (tertiary/aromatic N) is 1. The molecule has 1 aromatic carbocycles. The van der Waals surface area contributed by atoms with Crippen LogP contribution in [0.4, 0.5) is 0 Å². The topological polar surface area (TPSA) is 40.5 Å². The van der Waals surface area contributed by atoms with Crippen LogP contribution in [0.3, 0.4) is 0 Å². The molecule has 1 saturated carbocycles. The van der Waals surface area contributed by atoms with Crippen molar-refractivity contribution in [3.8, 4) is 0 Å². The molecular weight excluding hydrogens is 262 g/mol. The van der Waals surface area contributed by atoms with Gasteiger partial charge in [0, 0.05) is 11.1 Å². The van der Waals surface area contributed by atoms with Crippen molar-refractivity contribution < 1.29 is 9.90 Å². The third-order valence-electron chi connectivity index (χ3n) is 4.52. The van der Waals surface area contributed by atoms with E-state index in [-0.39, 0.29) is 0 Å². The Morgan fingerprint density at radius 1 is 1.21 bits per heavy atom. The second-order valence-electron chi connectivity index (χ2n) is 5.66. The monoisotopic (exact) mass is 279 g/mol. The molecule has 1 N–H and O–H groups in total. The Morgan fingerprint density at radius 2 is 1.79 bits per heavy atom. The summed E-state index contributed by atoms with van der Waals surface area (Å²) in [5.41, 5.74) is 0.163. The van der Waals surface area contributed by atoms with Crippen molar-refractivity contribution in [3.05, 3.63) is 34.9 Å². The summed E-state index contributed by atoms with van der Waals surface area (Å²) in [5, 5.41) is 10.4. The summed E-state index contributed by atoms with van der Waals surface area (Å²) < 4.78 is 0. The van der Waals surface area contributed by atoms with Crippen LogP contribution in [-0.4, -0.2) is 35.1 Å². The molecule has 2 aliphatic rings. The van der Waals surface area contributed by atoms with Crippen LogP contribution in [0.25, 0.3) is 0 Å². The number of carboxylic acid groups (broad SMARTS) is 1. The van der Waals surface area contributed by atoms with E-state index in [2.05, 4.69) is 4.90 Å². The average Bonchev–Trinajstić information content (AvgIpc) is 3.24. The van der Waals surface area contributed by atoms with E-state index in [1.165, 1.54) is 12.8 Å². The van der Waals surface area contributed by atoms with Gasteiger partial charge in [-0.25, -0.2) is 0 Å². The van der Waals surface area contributed by atoms with Crippen molar-refractivity contribution in [1.82, 2.24) is 4.90 Å². The van der Waals surface area contributed by atoms with Gasteiger partial charge in [-0.1, -0.05) is 23.7 Å². The molecule has 0 bridgehead atoms. The normalized spacial score (nSPS) is 23.2. The summed E-state index contributed by atoms with van der Waals surface area (Å²) in [6, 6.07) is 8.02. The zero-order chi connectivity index (χ0) is 13.5. The van der Waals surface area contributed by atoms with Crippen molar-refractivity contribution in [2.24, 2.45) is 0 Å². The molecule has 0 aromatic heterocycles. The number of carboxylic acids is 1. The van der Waals surface area contributed by atoms with E-state index in [0.29, 0.717) is 17.9 Å². The van der Waals surface area contributed by atoms with Crippen molar-refractivity contribution >= 4 is 17.6 Å². The van der Waals surface area contributed by atoms with Crippen LogP contribution in [0.15, 0.2) is 24.3 Å². The predicted octanol–water partition coefficient (Wildman–Crippen LogP) is 2.92. The third-order valence-corrected chi connectivity index (χ3v) is 4.77. The fraction of sp³-hybridized carbons (Fsp3) is 0.533. The van der Waals surface area contributed by atoms with Gasteiger partial charge < -0.3 is 10.0 Å². The molecule has 1 heterocycles. The number of benzene rings is 1. The number of hydrogen-bond donors (Lipinski definition) is 1. The molecule has 3 nitrogen and oxygen atoms in total. The van der Waals surface area contributed by atoms with Gasteiger partial charge in [0.15, 0.2) is 0 Å². The largest absolute Gasteiger partial charge is 0.481 e. The Kier molecular flexibility index (Phi) is 3.27. The lowest BCUT2D eigenvalue weighted by Crippen LogP contribution is -2.47. The summed E-state index contributed by atoms with van der Waals surface area (Å²) in [6.45, 7) is 1.78. The molecule has 0 radical (unpaired) electrons. The summed E-state index contributed by atoms with van der Waals surface area (Å²) in [5.74, 6) is -0.703. The molecular formula is C15H18ClNO2. The van der Waals surface area contributed by atoms with Crippen LogP contribution in [-0.2, 0) is 10.2 Å². The Hall–Kier alpha value is -1.06. The molecule has 4 heteroatoms. The van der Waals surface area contributed by atoms with Crippen molar-refractivity contribution in [3.63, 3.8) is 0 Å². The Labute approximate surface area is 118 Å². The minimum atomic E-state index is -0.726. The molecule has 102 valence electrons. The van der Waals surface area contributed by atoms with E-state index < -0.39 is 11.4 Å². The molecule has 3 rings (SSSR count). The lowest BCUT2D eigenvalue weighted by atomic mass is 9.73. The number of aliphatic carboxylic acids is 1. The van der Waals surface area contributed by atoms with Crippen molar-refractivity contribution in [2.45, 2.75) is 37.1 Å². The molecule has 1 saturated heterocycles. The molecule has 1 aliphatic carbocycles. The lowest BCUT2D eigenvalue weighted by Gasteiger charge is -2.39. The van der Waals surface area contributed by atoms with Crippen molar-refractivity contribution in [2.75, 3.05) is 13.1 Å². The van der Waals surface area contributed by atoms with Gasteiger partial charge in [0.2, 0.25) is 0 Å². The summed E-state index contributed by atoms with van der Waals surface area (Å²) in [4.78, 5) is 14.2. The van der Waals surface area contributed by atoms with Gasteiger partial charge in [-0.3, -0.25) is 4.79 Å². The van der Waals surface area contributed by atoms with Gasteiger partial charge >= 0.3 is 5.97 Å². The molecule has 1 aliphatic heterocycles. The van der Waals surface area contributed by atoms with Gasteiger partial charge in [0.1, 0.15) is 0 Å². The van der Waals surface area contributed by atoms with Gasteiger partial charge in [-0.2, -0.15) is 0 Å². The summed E-state index contributed by atoms with van der Waals surface area (Å²) >= 11 is 5.89. The van der Waals surface area contributed by atoms with Gasteiger partial charge in [-0.15, -0.1) is 0 Å². The fourth-order valence-electron chi connectivity index (χ4n) is 3.11. The molecule has 0 atom stereocenters. The Bertz CT molecular complexity index is 473. The van der Waals surface area contributed by atoms with Crippen LogP contribution in [0.1, 0.15) is 31.2 Å². The van der Waals surface area contributed by atoms with Crippen LogP contribution in [0.5, 0.6) is 0 Å². The molecule has 0 spiro atoms. The highest BCUT2D eigenvalue weighted by Crippen LogP contribution is 2.39. The van der Waals surface area contributed by atoms with Crippen molar-refractivity contribution in [1.29, 1.82) is 0 Å². The maximum Gasteiger partial charge on any atom is 0.314 e. The minimum Gasteiger partial charge on any atom is -0.481 e. The van der Waals surface area contributed by atoms with E-state index in [9.17, 15) is 9.90 Å². The quantitative estimate of drug-likeness (QED) is 0.925. The van der Waals surface area contributed by atoms with E-state index in [1.807, 2.05) is 12.1 Å². The fourth-order valence-corrected chi connectivity index (χ4v) is 3.23. The van der Waals surface area contributed by atoms with E-state index in [4.69, 9.17) is 11.6 Å². The first-order valence-corrected chi connectivity index (χ1v) is 7.23. The first-order valence-electron chi connectivity index (χ1n) is 6.85. The van der Waals surface area contributed by atoms with Crippen LogP contribution >= 0.6 is 11.6 Å². The molecule has 2 fully saturated rings. The number of halogens is 1. The number of likely N-dealkylation sites (tertiary alicyclic amines) is 1. The van der Waals surface area contributed by atoms with E-state index >= 15 is 0 Å². The summed E-state index contributed by atoms with van der Waals surface area (Å²) in [7, 11) is 0. The molecule has 0 unspecified atom stereocenters. The average molecular weight is 280 g/mol. The maximum atomic E-state index is 11.8. The highest BCUT2D eigenvalue weighted by molar-refractivity contribution is 6.30. The Morgan fingerprint density at radius 3 is 2.26 bits per heavy atom. The number of rotatable bonds is 3. The highest BCUT2D eigenvalue weighted by atomic mass is 35.5. The first kappa shape index (κ1) is 12.9. The standard InChI is InChI=1S/C15H18ClNO2/c16-12-3-1-11(2-4-12)15(14(18)19)7-9-17(10-8-15)13-5-6-13/h1-4,13H,5-10H2,(H,18,19). The molecule has 19 heavy (non-hydrogen) atoms. The third kappa shape index (κ3) is 2.37. The SMILES string of the molecule is O=C(O)C1(c2ccc(Cl)cc2)CCN(C2CC2)CC1. The minimum absolute atomic E-state index is 0.653. The highest BCUT2D eigenvalue weighted by Gasteiger charge is 2.45. The van der Waals surface area contributed by atoms with Gasteiger partial charge in [0.25, 0.3) is 0 Å². The Balaban J connectivity index is 1.84. The number of hydrogen-bond acceptors (Lipinski definition) is 2.